The predicted octanol–water partition coefficient (Wildman–Crippen LogP) is 4.37. The number of benzene rings is 1. The summed E-state index contributed by atoms with van der Waals surface area (Å²) in [7, 11) is 0. The van der Waals surface area contributed by atoms with Crippen molar-refractivity contribution >= 4 is 21.4 Å². The van der Waals surface area contributed by atoms with Crippen molar-refractivity contribution in [2.45, 2.75) is 38.8 Å². The van der Waals surface area contributed by atoms with Crippen molar-refractivity contribution in [3.8, 4) is 0 Å². The first-order valence-electron chi connectivity index (χ1n) is 7.60. The number of rotatable bonds is 5. The third-order valence-corrected chi connectivity index (χ3v) is 5.14. The Morgan fingerprint density at radius 2 is 2.30 bits per heavy atom. The van der Waals surface area contributed by atoms with Crippen LogP contribution in [-0.2, 0) is 4.74 Å². The molecule has 0 aliphatic carbocycles. The van der Waals surface area contributed by atoms with E-state index in [0.29, 0.717) is 18.1 Å². The van der Waals surface area contributed by atoms with E-state index in [4.69, 9.17) is 4.74 Å². The molecule has 0 spiro atoms. The Hall–Kier alpha value is -0.900. The van der Waals surface area contributed by atoms with E-state index in [9.17, 15) is 0 Å². The third kappa shape index (κ3) is 2.76. The molecular formula is C17H23NOS. The van der Waals surface area contributed by atoms with E-state index in [2.05, 4.69) is 48.8 Å². The molecule has 1 aromatic carbocycles. The maximum Gasteiger partial charge on any atom is 0.0551 e. The normalized spacial score (nSPS) is 24.3. The van der Waals surface area contributed by atoms with Crippen molar-refractivity contribution in [1.82, 2.24) is 5.32 Å². The lowest BCUT2D eigenvalue weighted by Gasteiger charge is -2.25. The molecule has 3 atom stereocenters. The number of ether oxygens (including phenoxy) is 1. The van der Waals surface area contributed by atoms with Gasteiger partial charge in [-0.1, -0.05) is 25.1 Å². The highest BCUT2D eigenvalue weighted by atomic mass is 32.1. The Kier molecular flexibility index (Phi) is 4.39. The number of nitrogens with one attached hydrogen (secondary N) is 1. The molecule has 1 aromatic heterocycles. The Bertz CT molecular complexity index is 565. The minimum Gasteiger partial charge on any atom is -0.378 e. The summed E-state index contributed by atoms with van der Waals surface area (Å²) in [5, 5.41) is 7.31. The highest BCUT2D eigenvalue weighted by Crippen LogP contribution is 2.36. The molecule has 0 bridgehead atoms. The SMILES string of the molecule is CCCNC(c1cccc2ccsc12)C1COC(C)C1. The zero-order valence-electron chi connectivity index (χ0n) is 12.3. The minimum absolute atomic E-state index is 0.397. The van der Waals surface area contributed by atoms with Crippen LogP contribution >= 0.6 is 11.3 Å². The molecule has 0 saturated carbocycles. The molecule has 2 nitrogen and oxygen atoms in total. The molecule has 1 N–H and O–H groups in total. The van der Waals surface area contributed by atoms with Gasteiger partial charge >= 0.3 is 0 Å². The van der Waals surface area contributed by atoms with Crippen LogP contribution in [0.25, 0.3) is 10.1 Å². The van der Waals surface area contributed by atoms with Gasteiger partial charge in [0.1, 0.15) is 0 Å². The summed E-state index contributed by atoms with van der Waals surface area (Å²) in [5.41, 5.74) is 1.45. The van der Waals surface area contributed by atoms with Crippen molar-refractivity contribution in [3.63, 3.8) is 0 Å². The van der Waals surface area contributed by atoms with Crippen LogP contribution in [0.3, 0.4) is 0 Å². The molecule has 1 aliphatic heterocycles. The summed E-state index contributed by atoms with van der Waals surface area (Å²) in [4.78, 5) is 0. The molecule has 2 aromatic rings. The van der Waals surface area contributed by atoms with E-state index in [1.165, 1.54) is 22.1 Å². The minimum atomic E-state index is 0.397. The molecule has 1 saturated heterocycles. The summed E-state index contributed by atoms with van der Waals surface area (Å²) in [5.74, 6) is 0.587. The van der Waals surface area contributed by atoms with Gasteiger partial charge in [-0.05, 0) is 48.7 Å². The number of hydrogen-bond donors (Lipinski definition) is 1. The number of thiophene rings is 1. The monoisotopic (exact) mass is 289 g/mol. The van der Waals surface area contributed by atoms with Crippen molar-refractivity contribution < 1.29 is 4.74 Å². The van der Waals surface area contributed by atoms with Gasteiger partial charge in [-0.3, -0.25) is 0 Å². The lowest BCUT2D eigenvalue weighted by Crippen LogP contribution is -2.29. The van der Waals surface area contributed by atoms with E-state index in [0.717, 1.165) is 19.6 Å². The van der Waals surface area contributed by atoms with Gasteiger partial charge in [0.15, 0.2) is 0 Å². The molecule has 3 rings (SSSR count). The van der Waals surface area contributed by atoms with E-state index in [1.807, 2.05) is 11.3 Å². The Balaban J connectivity index is 1.93. The molecule has 3 heteroatoms. The van der Waals surface area contributed by atoms with Crippen LogP contribution in [0.15, 0.2) is 29.6 Å². The maximum absolute atomic E-state index is 5.80. The molecule has 0 amide bonds. The summed E-state index contributed by atoms with van der Waals surface area (Å²) < 4.78 is 7.24. The summed E-state index contributed by atoms with van der Waals surface area (Å²) in [6, 6.07) is 9.32. The van der Waals surface area contributed by atoms with Crippen molar-refractivity contribution in [2.75, 3.05) is 13.2 Å². The Labute approximate surface area is 125 Å². The van der Waals surface area contributed by atoms with Gasteiger partial charge in [0.2, 0.25) is 0 Å². The molecule has 0 radical (unpaired) electrons. The average Bonchev–Trinajstić information content (AvgIpc) is 3.08. The highest BCUT2D eigenvalue weighted by Gasteiger charge is 2.31. The van der Waals surface area contributed by atoms with Crippen LogP contribution < -0.4 is 5.32 Å². The Morgan fingerprint density at radius 1 is 1.40 bits per heavy atom. The smallest absolute Gasteiger partial charge is 0.0551 e. The van der Waals surface area contributed by atoms with Gasteiger partial charge in [-0.2, -0.15) is 0 Å². The third-order valence-electron chi connectivity index (χ3n) is 4.16. The first-order chi connectivity index (χ1) is 9.79. The van der Waals surface area contributed by atoms with Crippen LogP contribution in [0.2, 0.25) is 0 Å². The highest BCUT2D eigenvalue weighted by molar-refractivity contribution is 7.17. The van der Waals surface area contributed by atoms with Crippen molar-refractivity contribution in [3.05, 3.63) is 35.2 Å². The molecule has 20 heavy (non-hydrogen) atoms. The lowest BCUT2D eigenvalue weighted by molar-refractivity contribution is 0.117. The van der Waals surface area contributed by atoms with Gasteiger partial charge in [0, 0.05) is 16.7 Å². The second-order valence-electron chi connectivity index (χ2n) is 5.76. The molecule has 1 aliphatic rings. The van der Waals surface area contributed by atoms with E-state index < -0.39 is 0 Å². The largest absolute Gasteiger partial charge is 0.378 e. The van der Waals surface area contributed by atoms with Crippen molar-refractivity contribution in [2.24, 2.45) is 5.92 Å². The first kappa shape index (κ1) is 14.1. The summed E-state index contributed by atoms with van der Waals surface area (Å²) in [6.07, 6.45) is 2.72. The van der Waals surface area contributed by atoms with Crippen LogP contribution in [0.1, 0.15) is 38.3 Å². The van der Waals surface area contributed by atoms with E-state index >= 15 is 0 Å². The van der Waals surface area contributed by atoms with Crippen LogP contribution in [-0.4, -0.2) is 19.3 Å². The van der Waals surface area contributed by atoms with Crippen LogP contribution in [0.4, 0.5) is 0 Å². The van der Waals surface area contributed by atoms with Gasteiger partial charge in [0.05, 0.1) is 12.7 Å². The zero-order chi connectivity index (χ0) is 13.9. The molecule has 108 valence electrons. The molecule has 1 fully saturated rings. The topological polar surface area (TPSA) is 21.3 Å². The average molecular weight is 289 g/mol. The Morgan fingerprint density at radius 3 is 3.05 bits per heavy atom. The number of fused-ring (bicyclic) bond motifs is 1. The van der Waals surface area contributed by atoms with Gasteiger partial charge in [-0.15, -0.1) is 11.3 Å². The quantitative estimate of drug-likeness (QED) is 0.882. The predicted molar refractivity (Wildman–Crippen MR) is 86.4 cm³/mol. The molecular weight excluding hydrogens is 266 g/mol. The lowest BCUT2D eigenvalue weighted by atomic mass is 9.90. The molecule has 3 unspecified atom stereocenters. The fraction of sp³-hybridized carbons (Fsp3) is 0.529. The second-order valence-corrected chi connectivity index (χ2v) is 6.67. The van der Waals surface area contributed by atoms with E-state index in [1.54, 1.807) is 0 Å². The van der Waals surface area contributed by atoms with Crippen LogP contribution in [0, 0.1) is 5.92 Å². The molecule has 2 heterocycles. The second kappa shape index (κ2) is 6.25. The fourth-order valence-electron chi connectivity index (χ4n) is 3.17. The van der Waals surface area contributed by atoms with Crippen LogP contribution in [0.5, 0.6) is 0 Å². The maximum atomic E-state index is 5.80. The van der Waals surface area contributed by atoms with Gasteiger partial charge in [0.25, 0.3) is 0 Å². The van der Waals surface area contributed by atoms with Crippen molar-refractivity contribution in [1.29, 1.82) is 0 Å². The number of hydrogen-bond acceptors (Lipinski definition) is 3. The van der Waals surface area contributed by atoms with E-state index in [-0.39, 0.29) is 0 Å². The fourth-order valence-corrected chi connectivity index (χ4v) is 4.13. The summed E-state index contributed by atoms with van der Waals surface area (Å²) in [6.45, 7) is 6.35. The van der Waals surface area contributed by atoms with Gasteiger partial charge in [-0.25, -0.2) is 0 Å². The standard InChI is InChI=1S/C17H23NOS/c1-3-8-18-16(14-10-12(2)19-11-14)15-6-4-5-13-7-9-20-17(13)15/h4-7,9,12,14,16,18H,3,8,10-11H2,1-2H3. The zero-order valence-corrected chi connectivity index (χ0v) is 13.1. The summed E-state index contributed by atoms with van der Waals surface area (Å²) >= 11 is 1.85. The van der Waals surface area contributed by atoms with Gasteiger partial charge < -0.3 is 10.1 Å². The first-order valence-corrected chi connectivity index (χ1v) is 8.48.